The minimum atomic E-state index is -0.204. The van der Waals surface area contributed by atoms with Gasteiger partial charge in [0.1, 0.15) is 41.5 Å². The molecule has 2 N–H and O–H groups in total. The molecule has 2 amide bonds. The highest BCUT2D eigenvalue weighted by Gasteiger charge is 2.38. The van der Waals surface area contributed by atoms with Crippen molar-refractivity contribution in [3.05, 3.63) is 79.3 Å². The minimum absolute atomic E-state index is 0.0208. The van der Waals surface area contributed by atoms with Crippen LogP contribution < -0.4 is 10.5 Å². The SMILES string of the molecule is C=CC(=O)N1CCN([C@H]2C[C@@H](C#Cc3c(-c4ccc(Oc5ccccc5)cc4)c4c(N)ncnc4n3C)C2)C(=O)C1. The first kappa shape index (κ1) is 26.1. The number of nitrogens with two attached hydrogens (primary N) is 1. The van der Waals surface area contributed by atoms with Crippen LogP contribution in [-0.2, 0) is 16.6 Å². The molecule has 4 aromatic rings. The molecule has 1 saturated heterocycles. The van der Waals surface area contributed by atoms with Crippen LogP contribution in [0.1, 0.15) is 18.5 Å². The number of para-hydroxylation sites is 1. The van der Waals surface area contributed by atoms with Crippen LogP contribution in [0, 0.1) is 17.8 Å². The van der Waals surface area contributed by atoms with Gasteiger partial charge in [-0.1, -0.05) is 42.8 Å². The molecule has 2 aromatic heterocycles. The van der Waals surface area contributed by atoms with Gasteiger partial charge < -0.3 is 24.8 Å². The first-order valence-electron chi connectivity index (χ1n) is 13.6. The summed E-state index contributed by atoms with van der Waals surface area (Å²) >= 11 is 0. The Hall–Kier alpha value is -5.10. The molecular formula is C32H30N6O3. The monoisotopic (exact) mass is 546 g/mol. The number of aryl methyl sites for hydroxylation is 1. The molecule has 0 radical (unpaired) electrons. The number of hydrogen-bond acceptors (Lipinski definition) is 6. The number of amides is 2. The Bertz CT molecular complexity index is 1690. The zero-order valence-electron chi connectivity index (χ0n) is 22.8. The summed E-state index contributed by atoms with van der Waals surface area (Å²) in [6.45, 7) is 4.69. The van der Waals surface area contributed by atoms with Gasteiger partial charge >= 0.3 is 0 Å². The van der Waals surface area contributed by atoms with Gasteiger partial charge in [-0.25, -0.2) is 9.97 Å². The lowest BCUT2D eigenvalue weighted by Gasteiger charge is -2.44. The van der Waals surface area contributed by atoms with E-state index >= 15 is 0 Å². The van der Waals surface area contributed by atoms with Crippen molar-refractivity contribution in [1.82, 2.24) is 24.3 Å². The zero-order chi connectivity index (χ0) is 28.5. The summed E-state index contributed by atoms with van der Waals surface area (Å²) in [6, 6.07) is 17.6. The molecule has 2 fully saturated rings. The first-order chi connectivity index (χ1) is 19.9. The molecule has 0 atom stereocenters. The summed E-state index contributed by atoms with van der Waals surface area (Å²) in [7, 11) is 1.93. The number of benzene rings is 2. The van der Waals surface area contributed by atoms with Gasteiger partial charge in [-0.05, 0) is 54.7 Å². The van der Waals surface area contributed by atoms with Crippen molar-refractivity contribution in [3.63, 3.8) is 0 Å². The number of carbonyl (C=O) groups is 2. The Labute approximate surface area is 238 Å². The Morgan fingerprint density at radius 2 is 1.80 bits per heavy atom. The summed E-state index contributed by atoms with van der Waals surface area (Å²) in [5.74, 6) is 8.67. The first-order valence-corrected chi connectivity index (χ1v) is 13.6. The highest BCUT2D eigenvalue weighted by molar-refractivity contribution is 6.03. The number of ether oxygens (including phenoxy) is 1. The van der Waals surface area contributed by atoms with E-state index in [9.17, 15) is 9.59 Å². The molecule has 41 heavy (non-hydrogen) atoms. The van der Waals surface area contributed by atoms with Gasteiger partial charge in [-0.15, -0.1) is 0 Å². The highest BCUT2D eigenvalue weighted by atomic mass is 16.5. The van der Waals surface area contributed by atoms with E-state index in [1.165, 1.54) is 17.3 Å². The van der Waals surface area contributed by atoms with Crippen molar-refractivity contribution in [2.45, 2.75) is 18.9 Å². The predicted octanol–water partition coefficient (Wildman–Crippen LogP) is 4.00. The summed E-state index contributed by atoms with van der Waals surface area (Å²) in [6.07, 6.45) is 4.33. The smallest absolute Gasteiger partial charge is 0.246 e. The molecule has 9 heteroatoms. The fraction of sp³-hybridized carbons (Fsp3) is 0.250. The number of aromatic nitrogens is 3. The average molecular weight is 547 g/mol. The van der Waals surface area contributed by atoms with Gasteiger partial charge in [0.2, 0.25) is 11.8 Å². The predicted molar refractivity (Wildman–Crippen MR) is 157 cm³/mol. The van der Waals surface area contributed by atoms with Crippen molar-refractivity contribution in [1.29, 1.82) is 0 Å². The van der Waals surface area contributed by atoms with Crippen LogP contribution in [0.25, 0.3) is 22.2 Å². The minimum Gasteiger partial charge on any atom is -0.457 e. The van der Waals surface area contributed by atoms with Crippen molar-refractivity contribution >= 4 is 28.7 Å². The van der Waals surface area contributed by atoms with E-state index in [0.717, 1.165) is 46.5 Å². The van der Waals surface area contributed by atoms with Gasteiger partial charge in [0.15, 0.2) is 0 Å². The fourth-order valence-corrected chi connectivity index (χ4v) is 5.54. The quantitative estimate of drug-likeness (QED) is 0.300. The van der Waals surface area contributed by atoms with E-state index in [1.54, 1.807) is 0 Å². The van der Waals surface area contributed by atoms with Crippen molar-refractivity contribution in [2.24, 2.45) is 13.0 Å². The number of carbonyl (C=O) groups excluding carboxylic acids is 2. The zero-order valence-corrected chi connectivity index (χ0v) is 22.8. The van der Waals surface area contributed by atoms with Gasteiger partial charge in [-0.3, -0.25) is 9.59 Å². The number of fused-ring (bicyclic) bond motifs is 1. The lowest BCUT2D eigenvalue weighted by molar-refractivity contribution is -0.147. The molecular weight excluding hydrogens is 516 g/mol. The molecule has 1 aliphatic carbocycles. The molecule has 9 nitrogen and oxygen atoms in total. The van der Waals surface area contributed by atoms with Crippen LogP contribution in [0.15, 0.2) is 73.6 Å². The van der Waals surface area contributed by atoms with Crippen LogP contribution in [0.3, 0.4) is 0 Å². The fourth-order valence-electron chi connectivity index (χ4n) is 5.54. The third-order valence-electron chi connectivity index (χ3n) is 7.81. The van der Waals surface area contributed by atoms with Crippen LogP contribution in [0.4, 0.5) is 5.82 Å². The van der Waals surface area contributed by atoms with Crippen LogP contribution in [0.5, 0.6) is 11.5 Å². The van der Waals surface area contributed by atoms with Crippen LogP contribution in [0.2, 0.25) is 0 Å². The highest BCUT2D eigenvalue weighted by Crippen LogP contribution is 2.38. The second-order valence-electron chi connectivity index (χ2n) is 10.3. The van der Waals surface area contributed by atoms with E-state index in [0.29, 0.717) is 24.6 Å². The Balaban J connectivity index is 1.23. The molecule has 1 saturated carbocycles. The summed E-state index contributed by atoms with van der Waals surface area (Å²) in [5.41, 5.74) is 9.69. The molecule has 1 aliphatic heterocycles. The molecule has 6 rings (SSSR count). The maximum Gasteiger partial charge on any atom is 0.246 e. The van der Waals surface area contributed by atoms with E-state index < -0.39 is 0 Å². The largest absolute Gasteiger partial charge is 0.457 e. The van der Waals surface area contributed by atoms with Crippen molar-refractivity contribution in [2.75, 3.05) is 25.4 Å². The number of piperazine rings is 1. The number of nitrogens with zero attached hydrogens (tertiary/aromatic N) is 5. The Kier molecular flexibility index (Phi) is 6.89. The van der Waals surface area contributed by atoms with E-state index in [-0.39, 0.29) is 30.3 Å². The number of rotatable bonds is 5. The Morgan fingerprint density at radius 1 is 1.07 bits per heavy atom. The van der Waals surface area contributed by atoms with Gasteiger partial charge in [0.25, 0.3) is 0 Å². The van der Waals surface area contributed by atoms with Crippen LogP contribution >= 0.6 is 0 Å². The van der Waals surface area contributed by atoms with Gasteiger partial charge in [-0.2, -0.15) is 0 Å². The number of nitrogen functional groups attached to an aromatic ring is 1. The standard InChI is InChI=1S/C32H30N6O3/c1-3-27(39)37-15-16-38(28(40)19-37)23-17-21(18-23)9-14-26-29(30-31(33)34-20-35-32(30)36(26)2)22-10-12-25(13-11-22)41-24-7-5-4-6-8-24/h3-8,10-13,20-21,23H,1,15-19H2,2H3,(H2,33,34,35)/t21-,23+. The second-order valence-corrected chi connectivity index (χ2v) is 10.3. The summed E-state index contributed by atoms with van der Waals surface area (Å²) in [5, 5.41) is 0.764. The van der Waals surface area contributed by atoms with E-state index in [1.807, 2.05) is 71.1 Å². The lowest BCUT2D eigenvalue weighted by atomic mass is 9.79. The normalized spacial score (nSPS) is 18.4. The summed E-state index contributed by atoms with van der Waals surface area (Å²) in [4.78, 5) is 36.7. The molecule has 206 valence electrons. The Morgan fingerprint density at radius 3 is 2.51 bits per heavy atom. The van der Waals surface area contributed by atoms with Crippen LogP contribution in [-0.4, -0.2) is 61.8 Å². The number of hydrogen-bond donors (Lipinski definition) is 1. The maximum atomic E-state index is 12.7. The van der Waals surface area contributed by atoms with E-state index in [4.69, 9.17) is 10.5 Å². The van der Waals surface area contributed by atoms with Crippen molar-refractivity contribution in [3.8, 4) is 34.5 Å². The van der Waals surface area contributed by atoms with E-state index in [2.05, 4.69) is 28.4 Å². The van der Waals surface area contributed by atoms with Crippen molar-refractivity contribution < 1.29 is 14.3 Å². The molecule has 0 unspecified atom stereocenters. The maximum absolute atomic E-state index is 12.7. The average Bonchev–Trinajstić information content (AvgIpc) is 3.25. The third-order valence-corrected chi connectivity index (χ3v) is 7.81. The van der Waals surface area contributed by atoms with Gasteiger partial charge in [0, 0.05) is 37.7 Å². The number of anilines is 1. The topological polar surface area (TPSA) is 107 Å². The van der Waals surface area contributed by atoms with Gasteiger partial charge in [0.05, 0.1) is 5.39 Å². The lowest BCUT2D eigenvalue weighted by Crippen LogP contribution is -2.57. The molecule has 2 aliphatic rings. The molecule has 2 aromatic carbocycles. The molecule has 3 heterocycles. The second kappa shape index (κ2) is 10.8. The molecule has 0 spiro atoms. The third kappa shape index (κ3) is 5.00. The molecule has 0 bridgehead atoms. The summed E-state index contributed by atoms with van der Waals surface area (Å²) < 4.78 is 7.93.